The van der Waals surface area contributed by atoms with Crippen molar-refractivity contribution in [3.8, 4) is 0 Å². The second-order valence-electron chi connectivity index (χ2n) is 6.89. The van der Waals surface area contributed by atoms with Crippen LogP contribution >= 0.6 is 0 Å². The van der Waals surface area contributed by atoms with Crippen LogP contribution in [0.1, 0.15) is 5.56 Å². The minimum atomic E-state index is -3.33. The SMILES string of the molecule is CS(=O)(=O)Nc1ccc(/C=C/C(=O)N2CCN(c3ccccc3[N+](=O)[O-])CC2)cc1. The fraction of sp³-hybridized carbons (Fsp3) is 0.250. The summed E-state index contributed by atoms with van der Waals surface area (Å²) in [5, 5.41) is 11.2. The van der Waals surface area contributed by atoms with E-state index in [1.54, 1.807) is 53.4 Å². The molecule has 3 rings (SSSR count). The number of nitro benzene ring substituents is 1. The van der Waals surface area contributed by atoms with Crippen molar-refractivity contribution in [2.24, 2.45) is 0 Å². The summed E-state index contributed by atoms with van der Waals surface area (Å²) in [6.45, 7) is 1.95. The second kappa shape index (κ2) is 8.95. The summed E-state index contributed by atoms with van der Waals surface area (Å²) in [5.41, 5.74) is 1.84. The molecule has 1 heterocycles. The van der Waals surface area contributed by atoms with E-state index in [2.05, 4.69) is 4.72 Å². The molecule has 1 amide bonds. The molecule has 0 aliphatic carbocycles. The Balaban J connectivity index is 1.57. The molecule has 1 saturated heterocycles. The molecule has 0 radical (unpaired) electrons. The van der Waals surface area contributed by atoms with Crippen LogP contribution < -0.4 is 9.62 Å². The zero-order chi connectivity index (χ0) is 21.7. The molecule has 0 unspecified atom stereocenters. The summed E-state index contributed by atoms with van der Waals surface area (Å²) in [4.78, 5) is 26.9. The van der Waals surface area contributed by atoms with Crippen molar-refractivity contribution >= 4 is 39.1 Å². The van der Waals surface area contributed by atoms with Crippen LogP contribution in [-0.4, -0.2) is 56.6 Å². The van der Waals surface area contributed by atoms with E-state index in [1.807, 2.05) is 4.90 Å². The van der Waals surface area contributed by atoms with Gasteiger partial charge in [0, 0.05) is 44.0 Å². The van der Waals surface area contributed by atoms with Crippen molar-refractivity contribution in [1.82, 2.24) is 4.90 Å². The third kappa shape index (κ3) is 5.57. The van der Waals surface area contributed by atoms with Crippen LogP contribution in [0, 0.1) is 10.1 Å². The van der Waals surface area contributed by atoms with E-state index in [9.17, 15) is 23.3 Å². The first-order chi connectivity index (χ1) is 14.2. The molecular weight excluding hydrogens is 408 g/mol. The Morgan fingerprint density at radius 3 is 2.30 bits per heavy atom. The lowest BCUT2D eigenvalue weighted by Gasteiger charge is -2.35. The van der Waals surface area contributed by atoms with Crippen molar-refractivity contribution < 1.29 is 18.1 Å². The highest BCUT2D eigenvalue weighted by Gasteiger charge is 2.24. The second-order valence-corrected chi connectivity index (χ2v) is 8.64. The van der Waals surface area contributed by atoms with Crippen LogP contribution in [0.2, 0.25) is 0 Å². The van der Waals surface area contributed by atoms with Gasteiger partial charge in [-0.3, -0.25) is 19.6 Å². The van der Waals surface area contributed by atoms with Gasteiger partial charge in [0.25, 0.3) is 5.69 Å². The molecule has 0 bridgehead atoms. The first-order valence-electron chi connectivity index (χ1n) is 9.26. The summed E-state index contributed by atoms with van der Waals surface area (Å²) < 4.78 is 24.8. The van der Waals surface area contributed by atoms with Crippen LogP contribution in [0.5, 0.6) is 0 Å². The van der Waals surface area contributed by atoms with Gasteiger partial charge in [0.1, 0.15) is 5.69 Å². The highest BCUT2D eigenvalue weighted by Crippen LogP contribution is 2.28. The smallest absolute Gasteiger partial charge is 0.292 e. The molecule has 0 atom stereocenters. The monoisotopic (exact) mass is 430 g/mol. The molecular formula is C20H22N4O5S. The van der Waals surface area contributed by atoms with Crippen LogP contribution in [0.3, 0.4) is 0 Å². The largest absolute Gasteiger partial charge is 0.362 e. The molecule has 2 aromatic carbocycles. The Morgan fingerprint density at radius 1 is 1.07 bits per heavy atom. The van der Waals surface area contributed by atoms with Crippen LogP contribution in [0.4, 0.5) is 17.1 Å². The minimum Gasteiger partial charge on any atom is -0.362 e. The molecule has 1 aliphatic heterocycles. The first-order valence-corrected chi connectivity index (χ1v) is 11.2. The minimum absolute atomic E-state index is 0.0611. The summed E-state index contributed by atoms with van der Waals surface area (Å²) in [6.07, 6.45) is 4.22. The number of sulfonamides is 1. The number of hydrogen-bond acceptors (Lipinski definition) is 6. The third-order valence-electron chi connectivity index (χ3n) is 4.64. The maximum Gasteiger partial charge on any atom is 0.292 e. The van der Waals surface area contributed by atoms with Gasteiger partial charge in [-0.25, -0.2) is 8.42 Å². The van der Waals surface area contributed by atoms with Crippen molar-refractivity contribution in [3.63, 3.8) is 0 Å². The molecule has 1 N–H and O–H groups in total. The average Bonchev–Trinajstić information content (AvgIpc) is 2.72. The molecule has 9 nitrogen and oxygen atoms in total. The van der Waals surface area contributed by atoms with Crippen molar-refractivity contribution in [3.05, 3.63) is 70.3 Å². The number of para-hydroxylation sites is 2. The fourth-order valence-corrected chi connectivity index (χ4v) is 3.77. The van der Waals surface area contributed by atoms with Crippen LogP contribution in [-0.2, 0) is 14.8 Å². The van der Waals surface area contributed by atoms with Crippen molar-refractivity contribution in [1.29, 1.82) is 0 Å². The number of anilines is 2. The highest BCUT2D eigenvalue weighted by atomic mass is 32.2. The maximum absolute atomic E-state index is 12.5. The van der Waals surface area contributed by atoms with Crippen molar-refractivity contribution in [2.75, 3.05) is 42.1 Å². The predicted molar refractivity (Wildman–Crippen MR) is 116 cm³/mol. The molecule has 1 fully saturated rings. The number of nitrogens with zero attached hydrogens (tertiary/aromatic N) is 3. The zero-order valence-electron chi connectivity index (χ0n) is 16.4. The van der Waals surface area contributed by atoms with Gasteiger partial charge in [-0.15, -0.1) is 0 Å². The van der Waals surface area contributed by atoms with Crippen LogP contribution in [0.15, 0.2) is 54.6 Å². The number of nitrogens with one attached hydrogen (secondary N) is 1. The van der Waals surface area contributed by atoms with Gasteiger partial charge >= 0.3 is 0 Å². The van der Waals surface area contributed by atoms with Gasteiger partial charge in [0.2, 0.25) is 15.9 Å². The number of hydrogen-bond donors (Lipinski definition) is 1. The Morgan fingerprint density at radius 2 is 1.70 bits per heavy atom. The highest BCUT2D eigenvalue weighted by molar-refractivity contribution is 7.92. The maximum atomic E-state index is 12.5. The van der Waals surface area contributed by atoms with Gasteiger partial charge in [0.15, 0.2) is 0 Å². The van der Waals surface area contributed by atoms with Crippen molar-refractivity contribution in [2.45, 2.75) is 0 Å². The number of carbonyl (C=O) groups is 1. The van der Waals surface area contributed by atoms with Gasteiger partial charge in [0.05, 0.1) is 11.2 Å². The number of piperazine rings is 1. The number of rotatable bonds is 6. The van der Waals surface area contributed by atoms with Crippen LogP contribution in [0.25, 0.3) is 6.08 Å². The quantitative estimate of drug-likeness (QED) is 0.428. The van der Waals surface area contributed by atoms with Gasteiger partial charge < -0.3 is 9.80 Å². The molecule has 30 heavy (non-hydrogen) atoms. The zero-order valence-corrected chi connectivity index (χ0v) is 17.2. The average molecular weight is 430 g/mol. The van der Waals surface area contributed by atoms with E-state index in [1.165, 1.54) is 12.1 Å². The van der Waals surface area contributed by atoms with E-state index in [-0.39, 0.29) is 11.6 Å². The Labute approximate surface area is 174 Å². The number of carbonyl (C=O) groups excluding carboxylic acids is 1. The van der Waals surface area contributed by atoms with E-state index < -0.39 is 14.9 Å². The molecule has 0 spiro atoms. The number of benzene rings is 2. The number of nitro groups is 1. The van der Waals surface area contributed by atoms with Gasteiger partial charge in [-0.2, -0.15) is 0 Å². The number of amides is 1. The summed E-state index contributed by atoms with van der Waals surface area (Å²) in [7, 11) is -3.33. The molecule has 0 saturated carbocycles. The molecule has 158 valence electrons. The molecule has 2 aromatic rings. The van der Waals surface area contributed by atoms with E-state index in [0.29, 0.717) is 37.6 Å². The standard InChI is InChI=1S/C20H22N4O5S/c1-30(28,29)21-17-9-6-16(7-10-17)8-11-20(25)23-14-12-22(13-15-23)18-4-2-3-5-19(18)24(26)27/h2-11,21H,12-15H2,1H3/b11-8+. The predicted octanol–water partition coefficient (Wildman–Crippen LogP) is 2.33. The molecule has 10 heteroatoms. The fourth-order valence-electron chi connectivity index (χ4n) is 3.20. The normalized spacial score (nSPS) is 14.7. The topological polar surface area (TPSA) is 113 Å². The third-order valence-corrected chi connectivity index (χ3v) is 5.25. The Hall–Kier alpha value is -3.40. The molecule has 1 aliphatic rings. The van der Waals surface area contributed by atoms with E-state index in [4.69, 9.17) is 0 Å². The van der Waals surface area contributed by atoms with Gasteiger partial charge in [-0.1, -0.05) is 24.3 Å². The Kier molecular flexibility index (Phi) is 6.36. The van der Waals surface area contributed by atoms with E-state index in [0.717, 1.165) is 11.8 Å². The lowest BCUT2D eigenvalue weighted by Crippen LogP contribution is -2.48. The lowest BCUT2D eigenvalue weighted by atomic mass is 10.2. The van der Waals surface area contributed by atoms with Gasteiger partial charge in [-0.05, 0) is 29.8 Å². The summed E-state index contributed by atoms with van der Waals surface area (Å²) >= 11 is 0. The van der Waals surface area contributed by atoms with E-state index >= 15 is 0 Å². The summed E-state index contributed by atoms with van der Waals surface area (Å²) in [6, 6.07) is 13.3. The lowest BCUT2D eigenvalue weighted by molar-refractivity contribution is -0.384. The molecule has 0 aromatic heterocycles. The first kappa shape index (κ1) is 21.3. The summed E-state index contributed by atoms with van der Waals surface area (Å²) in [5.74, 6) is -0.143. The Bertz CT molecular complexity index is 1060.